The van der Waals surface area contributed by atoms with Crippen LogP contribution in [-0.4, -0.2) is 60.8 Å². The third-order valence-corrected chi connectivity index (χ3v) is 10.1. The fourth-order valence-corrected chi connectivity index (χ4v) is 7.92. The molecule has 0 radical (unpaired) electrons. The molecule has 3 fully saturated rings. The zero-order valence-electron chi connectivity index (χ0n) is 20.7. The van der Waals surface area contributed by atoms with E-state index in [1.807, 2.05) is 20.8 Å². The van der Waals surface area contributed by atoms with Gasteiger partial charge in [0, 0.05) is 16.7 Å². The van der Waals surface area contributed by atoms with Crippen LogP contribution in [0, 0.1) is 28.6 Å². The molecule has 4 aliphatic carbocycles. The maximum atomic E-state index is 13.2. The number of aliphatic hydroxyl groups excluding tert-OH is 3. The summed E-state index contributed by atoms with van der Waals surface area (Å²) in [6.45, 7) is 9.71. The average molecular weight is 463 g/mol. The van der Waals surface area contributed by atoms with Crippen LogP contribution in [0.15, 0.2) is 23.3 Å². The van der Waals surface area contributed by atoms with Gasteiger partial charge in [0.1, 0.15) is 6.10 Å². The van der Waals surface area contributed by atoms with Crippen molar-refractivity contribution in [3.05, 3.63) is 23.3 Å². The fourth-order valence-electron chi connectivity index (χ4n) is 7.92. The van der Waals surface area contributed by atoms with Gasteiger partial charge in [-0.15, -0.1) is 0 Å². The maximum Gasteiger partial charge on any atom is 0.159 e. The van der Waals surface area contributed by atoms with Gasteiger partial charge in [-0.1, -0.05) is 25.5 Å². The first-order chi connectivity index (χ1) is 15.2. The van der Waals surface area contributed by atoms with Crippen molar-refractivity contribution in [3.8, 4) is 0 Å². The van der Waals surface area contributed by atoms with Gasteiger partial charge >= 0.3 is 0 Å². The number of carbonyl (C=O) groups excluding carboxylic acids is 1. The summed E-state index contributed by atoms with van der Waals surface area (Å²) in [7, 11) is 0. The molecule has 9 atom stereocenters. The molecule has 0 bridgehead atoms. The van der Waals surface area contributed by atoms with E-state index in [2.05, 4.69) is 19.9 Å². The van der Waals surface area contributed by atoms with Gasteiger partial charge in [-0.25, -0.2) is 0 Å². The monoisotopic (exact) mass is 462 g/mol. The Balaban J connectivity index is 1.68. The van der Waals surface area contributed by atoms with Crippen molar-refractivity contribution in [3.63, 3.8) is 0 Å². The Hall–Kier alpha value is -1.05. The van der Waals surface area contributed by atoms with Crippen LogP contribution < -0.4 is 0 Å². The van der Waals surface area contributed by atoms with E-state index in [9.17, 15) is 30.3 Å². The van der Waals surface area contributed by atoms with Crippen molar-refractivity contribution in [1.82, 2.24) is 0 Å². The normalized spacial score (nSPS) is 48.1. The predicted octanol–water partition coefficient (Wildman–Crippen LogP) is 2.66. The van der Waals surface area contributed by atoms with Crippen LogP contribution in [0.3, 0.4) is 0 Å². The molecule has 3 saturated carbocycles. The summed E-state index contributed by atoms with van der Waals surface area (Å²) in [5.41, 5.74) is -1.25. The lowest BCUT2D eigenvalue weighted by atomic mass is 9.45. The lowest BCUT2D eigenvalue weighted by Crippen LogP contribution is -2.66. The minimum Gasteiger partial charge on any atom is -0.390 e. The van der Waals surface area contributed by atoms with Crippen molar-refractivity contribution in [2.45, 2.75) is 109 Å². The maximum absolute atomic E-state index is 13.2. The molecule has 0 aromatic rings. The lowest BCUT2D eigenvalue weighted by molar-refractivity contribution is -0.197. The van der Waals surface area contributed by atoms with Gasteiger partial charge in [0.05, 0.1) is 23.4 Å². The summed E-state index contributed by atoms with van der Waals surface area (Å²) in [5.74, 6) is -0.760. The fraction of sp³-hybridized carbons (Fsp3) is 0.815. The van der Waals surface area contributed by atoms with Crippen LogP contribution in [0.1, 0.15) is 79.6 Å². The molecule has 0 amide bonds. The van der Waals surface area contributed by atoms with Crippen molar-refractivity contribution < 1.29 is 30.3 Å². The number of allylic oxidation sites excluding steroid dienone is 3. The Kier molecular flexibility index (Phi) is 6.07. The first-order valence-electron chi connectivity index (χ1n) is 12.6. The Morgan fingerprint density at radius 2 is 1.82 bits per heavy atom. The highest BCUT2D eigenvalue weighted by Gasteiger charge is 2.68. The summed E-state index contributed by atoms with van der Waals surface area (Å²) >= 11 is 0. The minimum atomic E-state index is -1.29. The van der Waals surface area contributed by atoms with Crippen molar-refractivity contribution in [2.75, 3.05) is 0 Å². The zero-order valence-corrected chi connectivity index (χ0v) is 20.7. The highest BCUT2D eigenvalue weighted by molar-refractivity contribution is 5.95. The number of aliphatic hydroxyl groups is 5. The molecule has 0 aliphatic heterocycles. The quantitative estimate of drug-likeness (QED) is 0.410. The van der Waals surface area contributed by atoms with E-state index in [1.54, 1.807) is 6.08 Å². The van der Waals surface area contributed by atoms with Gasteiger partial charge in [0.25, 0.3) is 0 Å². The van der Waals surface area contributed by atoms with Crippen molar-refractivity contribution in [2.24, 2.45) is 28.6 Å². The summed E-state index contributed by atoms with van der Waals surface area (Å²) < 4.78 is 0. The molecular formula is C27H42O6. The summed E-state index contributed by atoms with van der Waals surface area (Å²) in [6, 6.07) is 0. The van der Waals surface area contributed by atoms with E-state index in [4.69, 9.17) is 0 Å². The molecule has 6 nitrogen and oxygen atoms in total. The van der Waals surface area contributed by atoms with Crippen LogP contribution >= 0.6 is 0 Å². The Labute approximate surface area is 197 Å². The Morgan fingerprint density at radius 3 is 2.45 bits per heavy atom. The number of fused-ring (bicyclic) bond motifs is 5. The highest BCUT2D eigenvalue weighted by atomic mass is 16.4. The third kappa shape index (κ3) is 3.59. The van der Waals surface area contributed by atoms with E-state index < -0.39 is 46.3 Å². The Bertz CT molecular complexity index is 870. The molecule has 0 heterocycles. The van der Waals surface area contributed by atoms with Gasteiger partial charge < -0.3 is 25.5 Å². The van der Waals surface area contributed by atoms with Gasteiger partial charge in [-0.3, -0.25) is 4.79 Å². The standard InChI is InChI=1S/C27H42O6/c1-15(7-6-10-24(2,3)32)16-9-12-27(33)18-13-20(28)19-14-21(29)22(30)23(31)26(19,5)17(18)8-11-25(16,27)4/h7,13,16-17,19,21-23,29-33H,6,8-12,14H2,1-5H3/b15-7+/t16-,17?,19+,21-,22-,23-,25-,26-,27-/m1/s1. The molecule has 0 aromatic heterocycles. The van der Waals surface area contributed by atoms with E-state index in [-0.39, 0.29) is 24.0 Å². The molecule has 4 aliphatic rings. The number of hydrogen-bond acceptors (Lipinski definition) is 6. The first-order valence-corrected chi connectivity index (χ1v) is 12.6. The van der Waals surface area contributed by atoms with Crippen LogP contribution in [0.4, 0.5) is 0 Å². The number of hydrogen-bond donors (Lipinski definition) is 5. The average Bonchev–Trinajstić information content (AvgIpc) is 2.99. The van der Waals surface area contributed by atoms with E-state index in [0.717, 1.165) is 31.3 Å². The van der Waals surface area contributed by atoms with E-state index in [1.165, 1.54) is 5.57 Å². The van der Waals surface area contributed by atoms with Crippen LogP contribution in [-0.2, 0) is 4.79 Å². The largest absolute Gasteiger partial charge is 0.390 e. The third-order valence-electron chi connectivity index (χ3n) is 10.1. The van der Waals surface area contributed by atoms with Crippen LogP contribution in [0.5, 0.6) is 0 Å². The van der Waals surface area contributed by atoms with E-state index >= 15 is 0 Å². The summed E-state index contributed by atoms with van der Waals surface area (Å²) in [5, 5.41) is 54.0. The second-order valence-electron chi connectivity index (χ2n) is 12.4. The number of rotatable bonds is 4. The topological polar surface area (TPSA) is 118 Å². The molecule has 1 unspecified atom stereocenters. The van der Waals surface area contributed by atoms with Crippen molar-refractivity contribution >= 4 is 5.78 Å². The molecule has 5 N–H and O–H groups in total. The van der Waals surface area contributed by atoms with Gasteiger partial charge in [-0.05, 0) is 89.2 Å². The lowest BCUT2D eigenvalue weighted by Gasteiger charge is -2.61. The smallest absolute Gasteiger partial charge is 0.159 e. The molecule has 4 rings (SSSR count). The van der Waals surface area contributed by atoms with Crippen LogP contribution in [0.25, 0.3) is 0 Å². The minimum absolute atomic E-state index is 0.134. The van der Waals surface area contributed by atoms with Crippen molar-refractivity contribution in [1.29, 1.82) is 0 Å². The molecule has 33 heavy (non-hydrogen) atoms. The Morgan fingerprint density at radius 1 is 1.15 bits per heavy atom. The zero-order chi connectivity index (χ0) is 24.6. The molecule has 0 aromatic carbocycles. The summed E-state index contributed by atoms with van der Waals surface area (Å²) in [6.07, 6.45) is 4.60. The van der Waals surface area contributed by atoms with E-state index in [0.29, 0.717) is 12.8 Å². The first kappa shape index (κ1) is 25.1. The highest BCUT2D eigenvalue weighted by Crippen LogP contribution is 2.68. The number of carbonyl (C=O) groups is 1. The second-order valence-corrected chi connectivity index (χ2v) is 12.4. The molecule has 0 spiro atoms. The number of ketones is 1. The molecular weight excluding hydrogens is 420 g/mol. The van der Waals surface area contributed by atoms with Gasteiger partial charge in [0.15, 0.2) is 5.78 Å². The molecule has 6 heteroatoms. The van der Waals surface area contributed by atoms with Crippen LogP contribution in [0.2, 0.25) is 0 Å². The SMILES string of the molecule is C/C(=C\CCC(C)(C)O)[C@H]1CC[C@@]2(O)C3=CC(=O)[C@@H]4C[C@@H](O)[C@@H](O)[C@@H](O)[C@]4(C)C3CC[C@]12C. The molecule has 186 valence electrons. The predicted molar refractivity (Wildman–Crippen MR) is 125 cm³/mol. The molecule has 0 saturated heterocycles. The van der Waals surface area contributed by atoms with Gasteiger partial charge in [-0.2, -0.15) is 0 Å². The van der Waals surface area contributed by atoms with Gasteiger partial charge in [0.2, 0.25) is 0 Å². The summed E-state index contributed by atoms with van der Waals surface area (Å²) in [4.78, 5) is 13.2. The second kappa shape index (κ2) is 7.99.